The Labute approximate surface area is 118 Å². The number of thiophene rings is 1. The highest BCUT2D eigenvalue weighted by Crippen LogP contribution is 2.39. The van der Waals surface area contributed by atoms with E-state index in [2.05, 4.69) is 48.1 Å². The lowest BCUT2D eigenvalue weighted by Gasteiger charge is -1.90. The van der Waals surface area contributed by atoms with Crippen molar-refractivity contribution in [3.8, 4) is 10.6 Å². The summed E-state index contributed by atoms with van der Waals surface area (Å²) in [6.07, 6.45) is 1.88. The number of nitrogens with zero attached hydrogens (tertiary/aromatic N) is 2. The van der Waals surface area contributed by atoms with Gasteiger partial charge in [0, 0.05) is 12.0 Å². The number of nitrogens with two attached hydrogens (primary N) is 1. The highest BCUT2D eigenvalue weighted by atomic mass is 79.9. The van der Waals surface area contributed by atoms with Crippen molar-refractivity contribution in [3.63, 3.8) is 0 Å². The topological polar surface area (TPSA) is 51.8 Å². The first-order valence-electron chi connectivity index (χ1n) is 4.68. The van der Waals surface area contributed by atoms with Crippen molar-refractivity contribution in [1.29, 1.82) is 0 Å². The number of aromatic nitrogens is 2. The maximum Gasteiger partial charge on any atom is 0.149 e. The highest BCUT2D eigenvalue weighted by molar-refractivity contribution is 9.12. The lowest BCUT2D eigenvalue weighted by atomic mass is 10.3. The molecule has 0 aromatic carbocycles. The third kappa shape index (κ3) is 2.89. The Morgan fingerprint density at radius 2 is 2.06 bits per heavy atom. The molecule has 7 heteroatoms. The molecule has 86 valence electrons. The van der Waals surface area contributed by atoms with E-state index in [-0.39, 0.29) is 0 Å². The zero-order chi connectivity index (χ0) is 11.5. The van der Waals surface area contributed by atoms with Crippen LogP contribution in [0.2, 0.25) is 0 Å². The standard InChI is InChI=1S/C9H9Br2N3S2/c10-6-4-5(8(11)15-6)9-14-13-7(16-9)2-1-3-12/h4H,1-3,12H2. The van der Waals surface area contributed by atoms with Gasteiger partial charge in [0.15, 0.2) is 0 Å². The first kappa shape index (κ1) is 12.6. The van der Waals surface area contributed by atoms with Gasteiger partial charge >= 0.3 is 0 Å². The van der Waals surface area contributed by atoms with Gasteiger partial charge in [-0.15, -0.1) is 21.5 Å². The SMILES string of the molecule is NCCCc1nnc(-c2cc(Br)sc2Br)s1. The van der Waals surface area contributed by atoms with Crippen LogP contribution in [0, 0.1) is 0 Å². The van der Waals surface area contributed by atoms with Crippen molar-refractivity contribution >= 4 is 54.5 Å². The van der Waals surface area contributed by atoms with E-state index in [1.54, 1.807) is 22.7 Å². The van der Waals surface area contributed by atoms with E-state index in [1.807, 2.05) is 0 Å². The first-order chi connectivity index (χ1) is 7.70. The summed E-state index contributed by atoms with van der Waals surface area (Å²) < 4.78 is 2.17. The first-order valence-corrected chi connectivity index (χ1v) is 7.90. The van der Waals surface area contributed by atoms with Crippen molar-refractivity contribution in [2.45, 2.75) is 12.8 Å². The Morgan fingerprint density at radius 1 is 1.25 bits per heavy atom. The molecule has 0 spiro atoms. The van der Waals surface area contributed by atoms with Crippen molar-refractivity contribution in [2.75, 3.05) is 6.54 Å². The molecule has 2 rings (SSSR count). The fourth-order valence-electron chi connectivity index (χ4n) is 1.20. The van der Waals surface area contributed by atoms with Crippen molar-refractivity contribution < 1.29 is 0 Å². The van der Waals surface area contributed by atoms with E-state index in [0.29, 0.717) is 6.54 Å². The number of aryl methyl sites for hydroxylation is 1. The number of hydrogen-bond acceptors (Lipinski definition) is 5. The number of hydrogen-bond donors (Lipinski definition) is 1. The molecule has 0 radical (unpaired) electrons. The van der Waals surface area contributed by atoms with E-state index < -0.39 is 0 Å². The van der Waals surface area contributed by atoms with Gasteiger partial charge in [-0.05, 0) is 50.9 Å². The molecular formula is C9H9Br2N3S2. The van der Waals surface area contributed by atoms with Gasteiger partial charge in [-0.25, -0.2) is 0 Å². The maximum atomic E-state index is 5.47. The van der Waals surface area contributed by atoms with Gasteiger partial charge in [-0.2, -0.15) is 0 Å². The smallest absolute Gasteiger partial charge is 0.149 e. The molecular weight excluding hydrogens is 374 g/mol. The normalized spacial score (nSPS) is 10.9. The molecule has 2 N–H and O–H groups in total. The Bertz CT molecular complexity index is 481. The van der Waals surface area contributed by atoms with Crippen LogP contribution in [0.3, 0.4) is 0 Å². The summed E-state index contributed by atoms with van der Waals surface area (Å²) >= 11 is 10.3. The molecule has 2 aromatic rings. The highest BCUT2D eigenvalue weighted by Gasteiger charge is 2.12. The molecule has 0 aliphatic rings. The fourth-order valence-corrected chi connectivity index (χ4v) is 5.11. The van der Waals surface area contributed by atoms with Crippen molar-refractivity contribution in [1.82, 2.24) is 10.2 Å². The minimum atomic E-state index is 0.697. The van der Waals surface area contributed by atoms with E-state index in [1.165, 1.54) is 0 Å². The lowest BCUT2D eigenvalue weighted by Crippen LogP contribution is -1.99. The molecule has 3 nitrogen and oxygen atoms in total. The quantitative estimate of drug-likeness (QED) is 0.877. The molecule has 16 heavy (non-hydrogen) atoms. The van der Waals surface area contributed by atoms with Crippen molar-refractivity contribution in [2.24, 2.45) is 5.73 Å². The molecule has 2 heterocycles. The summed E-state index contributed by atoms with van der Waals surface area (Å²) in [6.45, 7) is 0.697. The van der Waals surface area contributed by atoms with Crippen molar-refractivity contribution in [3.05, 3.63) is 18.6 Å². The summed E-state index contributed by atoms with van der Waals surface area (Å²) in [4.78, 5) is 0. The molecule has 2 aromatic heterocycles. The molecule has 0 amide bonds. The minimum Gasteiger partial charge on any atom is -0.330 e. The van der Waals surface area contributed by atoms with Crippen LogP contribution in [0.1, 0.15) is 11.4 Å². The van der Waals surface area contributed by atoms with Crippen LogP contribution in [0.4, 0.5) is 0 Å². The summed E-state index contributed by atoms with van der Waals surface area (Å²) in [7, 11) is 0. The van der Waals surface area contributed by atoms with Crippen LogP contribution in [0.25, 0.3) is 10.6 Å². The van der Waals surface area contributed by atoms with E-state index >= 15 is 0 Å². The summed E-state index contributed by atoms with van der Waals surface area (Å²) in [5, 5.41) is 10.4. The van der Waals surface area contributed by atoms with Crippen LogP contribution in [0.15, 0.2) is 13.6 Å². The van der Waals surface area contributed by atoms with Crippen LogP contribution in [-0.4, -0.2) is 16.7 Å². The summed E-state index contributed by atoms with van der Waals surface area (Å²) in [5.74, 6) is 0. The Kier molecular flexibility index (Phi) is 4.48. The second-order valence-corrected chi connectivity index (χ2v) is 7.94. The van der Waals surface area contributed by atoms with E-state index in [0.717, 1.165) is 36.0 Å². The van der Waals surface area contributed by atoms with Gasteiger partial charge < -0.3 is 5.73 Å². The van der Waals surface area contributed by atoms with E-state index in [9.17, 15) is 0 Å². The van der Waals surface area contributed by atoms with Crippen LogP contribution in [0.5, 0.6) is 0 Å². The lowest BCUT2D eigenvalue weighted by molar-refractivity contribution is 0.812. The molecule has 0 aliphatic heterocycles. The third-order valence-corrected chi connectivity index (χ3v) is 5.30. The Balaban J connectivity index is 2.21. The zero-order valence-corrected chi connectivity index (χ0v) is 13.0. The van der Waals surface area contributed by atoms with Crippen LogP contribution >= 0.6 is 54.5 Å². The Hall–Kier alpha value is 0.180. The monoisotopic (exact) mass is 381 g/mol. The predicted molar refractivity (Wildman–Crippen MR) is 76.0 cm³/mol. The molecule has 0 saturated heterocycles. The van der Waals surface area contributed by atoms with Gasteiger partial charge in [0.2, 0.25) is 0 Å². The largest absolute Gasteiger partial charge is 0.330 e. The maximum absolute atomic E-state index is 5.47. The minimum absolute atomic E-state index is 0.697. The molecule has 0 saturated carbocycles. The van der Waals surface area contributed by atoms with Gasteiger partial charge in [0.1, 0.15) is 10.0 Å². The molecule has 0 bridgehead atoms. The zero-order valence-electron chi connectivity index (χ0n) is 8.24. The second-order valence-electron chi connectivity index (χ2n) is 3.13. The van der Waals surface area contributed by atoms with E-state index in [4.69, 9.17) is 5.73 Å². The molecule has 0 fully saturated rings. The summed E-state index contributed by atoms with van der Waals surface area (Å²) in [6, 6.07) is 2.06. The fraction of sp³-hybridized carbons (Fsp3) is 0.333. The predicted octanol–water partition coefficient (Wildman–Crippen LogP) is 3.68. The van der Waals surface area contributed by atoms with Crippen LogP contribution < -0.4 is 5.73 Å². The Morgan fingerprint density at radius 3 is 2.69 bits per heavy atom. The van der Waals surface area contributed by atoms with Gasteiger partial charge in [-0.1, -0.05) is 11.3 Å². The molecule has 0 atom stereocenters. The van der Waals surface area contributed by atoms with Gasteiger partial charge in [-0.3, -0.25) is 0 Å². The number of halogens is 2. The summed E-state index contributed by atoms with van der Waals surface area (Å²) in [5.41, 5.74) is 6.57. The van der Waals surface area contributed by atoms with Gasteiger partial charge in [0.05, 0.1) is 7.57 Å². The second kappa shape index (κ2) is 5.68. The average molecular weight is 383 g/mol. The van der Waals surface area contributed by atoms with Crippen LogP contribution in [-0.2, 0) is 6.42 Å². The molecule has 0 aliphatic carbocycles. The molecule has 0 unspecified atom stereocenters. The van der Waals surface area contributed by atoms with Gasteiger partial charge in [0.25, 0.3) is 0 Å². The third-order valence-electron chi connectivity index (χ3n) is 1.95. The number of rotatable bonds is 4. The average Bonchev–Trinajstić information content (AvgIpc) is 2.82.